The Morgan fingerprint density at radius 1 is 1.13 bits per heavy atom. The van der Waals surface area contributed by atoms with Crippen molar-refractivity contribution in [2.45, 2.75) is 58.5 Å². The number of methoxy groups -OCH3 is 2. The van der Waals surface area contributed by atoms with E-state index in [1.165, 1.54) is 0 Å². The molecule has 0 fully saturated rings. The Morgan fingerprint density at radius 2 is 1.90 bits per heavy atom. The molecule has 30 heavy (non-hydrogen) atoms. The third kappa shape index (κ3) is 8.90. The third-order valence-electron chi connectivity index (χ3n) is 4.97. The molecule has 7 heteroatoms. The molecule has 2 N–H and O–H groups in total. The summed E-state index contributed by atoms with van der Waals surface area (Å²) in [6.45, 7) is 8.93. The summed E-state index contributed by atoms with van der Waals surface area (Å²) in [6.07, 6.45) is 3.28. The van der Waals surface area contributed by atoms with Crippen LogP contribution in [0.5, 0.6) is 11.5 Å². The number of hydrogen-bond acceptors (Lipinski definition) is 6. The Bertz CT molecular complexity index is 603. The number of carbonyl (C=O) groups is 1. The fraction of sp³-hybridized carbons (Fsp3) is 0.696. The Labute approximate surface area is 181 Å². The Kier molecular flexibility index (Phi) is 13.1. The summed E-state index contributed by atoms with van der Waals surface area (Å²) in [5, 5.41) is 12.6. The predicted molar refractivity (Wildman–Crippen MR) is 120 cm³/mol. The van der Waals surface area contributed by atoms with Gasteiger partial charge in [0.15, 0.2) is 11.5 Å². The minimum absolute atomic E-state index is 0.0171. The van der Waals surface area contributed by atoms with Crippen LogP contribution in [-0.4, -0.2) is 75.1 Å². The van der Waals surface area contributed by atoms with E-state index in [-0.39, 0.29) is 24.6 Å². The van der Waals surface area contributed by atoms with Crippen LogP contribution in [0.2, 0.25) is 0 Å². The van der Waals surface area contributed by atoms with E-state index in [2.05, 4.69) is 12.2 Å². The molecule has 0 aromatic heterocycles. The second kappa shape index (κ2) is 15.0. The van der Waals surface area contributed by atoms with Gasteiger partial charge in [-0.2, -0.15) is 0 Å². The van der Waals surface area contributed by atoms with Crippen molar-refractivity contribution in [3.63, 3.8) is 0 Å². The number of benzene rings is 1. The van der Waals surface area contributed by atoms with Crippen LogP contribution in [0, 0.1) is 0 Å². The van der Waals surface area contributed by atoms with E-state index >= 15 is 0 Å². The highest BCUT2D eigenvalue weighted by atomic mass is 16.5. The number of nitrogens with zero attached hydrogens (tertiary/aromatic N) is 1. The van der Waals surface area contributed by atoms with Gasteiger partial charge in [0.05, 0.1) is 13.7 Å². The molecule has 0 spiro atoms. The first-order valence-electron chi connectivity index (χ1n) is 10.9. The average Bonchev–Trinajstić information content (AvgIpc) is 2.73. The van der Waals surface area contributed by atoms with E-state index in [0.717, 1.165) is 32.2 Å². The second-order valence-corrected chi connectivity index (χ2v) is 7.56. The van der Waals surface area contributed by atoms with Crippen LogP contribution in [0.25, 0.3) is 0 Å². The molecule has 0 bridgehead atoms. The summed E-state index contributed by atoms with van der Waals surface area (Å²) in [5.41, 5.74) is 0.588. The van der Waals surface area contributed by atoms with Gasteiger partial charge in [0.1, 0.15) is 0 Å². The van der Waals surface area contributed by atoms with Gasteiger partial charge in [-0.05, 0) is 57.9 Å². The zero-order chi connectivity index (χ0) is 22.4. The maximum Gasteiger partial charge on any atom is 0.254 e. The van der Waals surface area contributed by atoms with Gasteiger partial charge in [-0.3, -0.25) is 4.79 Å². The van der Waals surface area contributed by atoms with Gasteiger partial charge in [-0.25, -0.2) is 0 Å². The van der Waals surface area contributed by atoms with Crippen LogP contribution in [0.1, 0.15) is 56.8 Å². The average molecular weight is 425 g/mol. The van der Waals surface area contributed by atoms with Crippen molar-refractivity contribution < 1.29 is 24.1 Å². The molecule has 0 aliphatic carbocycles. The van der Waals surface area contributed by atoms with Crippen molar-refractivity contribution in [1.29, 1.82) is 0 Å². The fourth-order valence-electron chi connectivity index (χ4n) is 3.37. The van der Waals surface area contributed by atoms with Crippen LogP contribution in [-0.2, 0) is 4.74 Å². The molecule has 1 amide bonds. The van der Waals surface area contributed by atoms with Crippen LogP contribution in [0.15, 0.2) is 18.2 Å². The quantitative estimate of drug-likeness (QED) is 0.397. The molecule has 0 unspecified atom stereocenters. The third-order valence-corrected chi connectivity index (χ3v) is 4.97. The van der Waals surface area contributed by atoms with Gasteiger partial charge in [0, 0.05) is 50.9 Å². The van der Waals surface area contributed by atoms with E-state index in [1.807, 2.05) is 18.7 Å². The number of carbonyl (C=O) groups excluding carboxylic acids is 1. The minimum atomic E-state index is -0.0171. The van der Waals surface area contributed by atoms with Gasteiger partial charge < -0.3 is 29.5 Å². The Morgan fingerprint density at radius 3 is 2.50 bits per heavy atom. The van der Waals surface area contributed by atoms with Crippen LogP contribution >= 0.6 is 0 Å². The fourth-order valence-corrected chi connectivity index (χ4v) is 3.37. The van der Waals surface area contributed by atoms with Crippen LogP contribution in [0.3, 0.4) is 0 Å². The molecule has 0 aliphatic rings. The summed E-state index contributed by atoms with van der Waals surface area (Å²) in [5.74, 6) is 1.16. The van der Waals surface area contributed by atoms with E-state index in [9.17, 15) is 9.90 Å². The number of rotatable bonds is 16. The highest BCUT2D eigenvalue weighted by Gasteiger charge is 2.21. The molecule has 1 rings (SSSR count). The first-order chi connectivity index (χ1) is 14.5. The molecule has 172 valence electrons. The molecule has 1 aromatic carbocycles. The van der Waals surface area contributed by atoms with E-state index < -0.39 is 0 Å². The molecule has 1 atom stereocenters. The predicted octanol–water partition coefficient (Wildman–Crippen LogP) is 3.10. The van der Waals surface area contributed by atoms with Gasteiger partial charge in [0.25, 0.3) is 5.91 Å². The van der Waals surface area contributed by atoms with E-state index in [4.69, 9.17) is 14.2 Å². The van der Waals surface area contributed by atoms with E-state index in [0.29, 0.717) is 36.8 Å². The van der Waals surface area contributed by atoms with Crippen molar-refractivity contribution in [2.24, 2.45) is 0 Å². The lowest BCUT2D eigenvalue weighted by molar-refractivity contribution is 0.0699. The molecule has 7 nitrogen and oxygen atoms in total. The van der Waals surface area contributed by atoms with Crippen molar-refractivity contribution in [3.8, 4) is 11.5 Å². The summed E-state index contributed by atoms with van der Waals surface area (Å²) < 4.78 is 16.2. The first-order valence-corrected chi connectivity index (χ1v) is 10.9. The molecular formula is C23H40N2O5. The molecule has 0 saturated carbocycles. The zero-order valence-corrected chi connectivity index (χ0v) is 19.3. The van der Waals surface area contributed by atoms with Crippen molar-refractivity contribution in [2.75, 3.05) is 47.1 Å². The molecular weight excluding hydrogens is 384 g/mol. The van der Waals surface area contributed by atoms with Crippen LogP contribution in [0.4, 0.5) is 0 Å². The number of hydrogen-bond donors (Lipinski definition) is 2. The Balaban J connectivity index is 2.82. The normalized spacial score (nSPS) is 12.1. The molecule has 0 heterocycles. The van der Waals surface area contributed by atoms with Gasteiger partial charge in [0.2, 0.25) is 0 Å². The molecule has 0 saturated heterocycles. The topological polar surface area (TPSA) is 80.3 Å². The first kappa shape index (κ1) is 26.2. The minimum Gasteiger partial charge on any atom is -0.493 e. The van der Waals surface area contributed by atoms with Crippen molar-refractivity contribution in [3.05, 3.63) is 23.8 Å². The maximum absolute atomic E-state index is 13.2. The number of aliphatic hydroxyl groups excluding tert-OH is 1. The summed E-state index contributed by atoms with van der Waals surface area (Å²) >= 11 is 0. The number of amides is 1. The summed E-state index contributed by atoms with van der Waals surface area (Å²) in [4.78, 5) is 15.1. The van der Waals surface area contributed by atoms with Gasteiger partial charge in [-0.15, -0.1) is 0 Å². The highest BCUT2D eigenvalue weighted by Crippen LogP contribution is 2.29. The standard InChI is InChI=1S/C23H40N2O5/c1-6-24-20(12-14-26)9-7-13-25(18(2)3)23(27)19-10-11-21(29-5)22(17-19)30-16-8-15-28-4/h10-11,17-18,20,24,26H,6-9,12-16H2,1-5H3/t20-/m1/s1. The number of aliphatic hydroxyl groups is 1. The second-order valence-electron chi connectivity index (χ2n) is 7.56. The van der Waals surface area contributed by atoms with Crippen LogP contribution < -0.4 is 14.8 Å². The van der Waals surface area contributed by atoms with Gasteiger partial charge in [-0.1, -0.05) is 6.92 Å². The summed E-state index contributed by atoms with van der Waals surface area (Å²) in [7, 11) is 3.25. The molecule has 0 radical (unpaired) electrons. The van der Waals surface area contributed by atoms with Crippen molar-refractivity contribution in [1.82, 2.24) is 10.2 Å². The highest BCUT2D eigenvalue weighted by molar-refractivity contribution is 5.95. The monoisotopic (exact) mass is 424 g/mol. The zero-order valence-electron chi connectivity index (χ0n) is 19.3. The molecule has 0 aliphatic heterocycles. The number of ether oxygens (including phenoxy) is 3. The maximum atomic E-state index is 13.2. The van der Waals surface area contributed by atoms with Crippen molar-refractivity contribution >= 4 is 5.91 Å². The van der Waals surface area contributed by atoms with E-state index in [1.54, 1.807) is 32.4 Å². The Hall–Kier alpha value is -1.83. The largest absolute Gasteiger partial charge is 0.493 e. The molecule has 1 aromatic rings. The lowest BCUT2D eigenvalue weighted by Gasteiger charge is -2.28. The lowest BCUT2D eigenvalue weighted by atomic mass is 10.1. The number of nitrogens with one attached hydrogen (secondary N) is 1. The lowest BCUT2D eigenvalue weighted by Crippen LogP contribution is -2.38. The summed E-state index contributed by atoms with van der Waals surface area (Å²) in [6, 6.07) is 5.68. The SMILES string of the molecule is CCN[C@@H](CCO)CCCN(C(=O)c1ccc(OC)c(OCCCOC)c1)C(C)C. The van der Waals surface area contributed by atoms with Gasteiger partial charge >= 0.3 is 0 Å². The smallest absolute Gasteiger partial charge is 0.254 e.